The molecule has 43 heavy (non-hydrogen) atoms. The minimum absolute atomic E-state index is 1.00. The molecule has 1 aliphatic carbocycles. The van der Waals surface area contributed by atoms with E-state index in [-0.39, 0.29) is 0 Å². The Morgan fingerprint density at radius 1 is 0.512 bits per heavy atom. The highest BCUT2D eigenvalue weighted by Gasteiger charge is 2.22. The van der Waals surface area contributed by atoms with Crippen molar-refractivity contribution in [3.63, 3.8) is 0 Å². The van der Waals surface area contributed by atoms with E-state index in [0.29, 0.717) is 0 Å². The zero-order chi connectivity index (χ0) is 28.8. The molecule has 0 N–H and O–H groups in total. The number of nitrogens with zero attached hydrogens (tertiary/aromatic N) is 3. The van der Waals surface area contributed by atoms with Gasteiger partial charge in [-0.25, -0.2) is 5.01 Å². The van der Waals surface area contributed by atoms with Gasteiger partial charge in [0.1, 0.15) is 0 Å². The second kappa shape index (κ2) is 10.3. The molecular weight excluding hydrogens is 522 g/mol. The van der Waals surface area contributed by atoms with Crippen molar-refractivity contribution in [3.05, 3.63) is 168 Å². The van der Waals surface area contributed by atoms with Crippen LogP contribution in [0.25, 0.3) is 44.6 Å². The quantitative estimate of drug-likeness (QED) is 0.154. The highest BCUT2D eigenvalue weighted by molar-refractivity contribution is 6.09. The minimum atomic E-state index is 1.00. The third-order valence-electron chi connectivity index (χ3n) is 8.43. The average Bonchev–Trinajstić information content (AvgIpc) is 3.54. The van der Waals surface area contributed by atoms with Gasteiger partial charge in [0.05, 0.1) is 17.6 Å². The Kier molecular flexibility index (Phi) is 6.01. The number of anilines is 2. The Morgan fingerprint density at radius 3 is 1.79 bits per heavy atom. The number of hydrogen-bond acceptors (Lipinski definition) is 2. The number of hydrazone groups is 1. The fourth-order valence-corrected chi connectivity index (χ4v) is 6.33. The Morgan fingerprint density at radius 2 is 1.07 bits per heavy atom. The molecule has 1 aromatic heterocycles. The maximum atomic E-state index is 5.01. The van der Waals surface area contributed by atoms with Crippen LogP contribution in [0.3, 0.4) is 0 Å². The smallest absolute Gasteiger partial charge is 0.0653 e. The van der Waals surface area contributed by atoms with Crippen LogP contribution in [0.15, 0.2) is 151 Å². The fourth-order valence-electron chi connectivity index (χ4n) is 6.33. The van der Waals surface area contributed by atoms with Crippen LogP contribution in [-0.4, -0.2) is 10.8 Å². The third kappa shape index (κ3) is 4.34. The molecule has 3 heteroatoms. The molecule has 1 heterocycles. The summed E-state index contributed by atoms with van der Waals surface area (Å²) in [5, 5.41) is 9.50. The van der Waals surface area contributed by atoms with Crippen LogP contribution in [-0.2, 0) is 7.05 Å². The molecule has 7 aromatic rings. The number of para-hydroxylation sites is 2. The monoisotopic (exact) mass is 551 g/mol. The van der Waals surface area contributed by atoms with Crippen molar-refractivity contribution in [2.75, 3.05) is 5.01 Å². The molecule has 1 aliphatic rings. The zero-order valence-corrected chi connectivity index (χ0v) is 23.9. The van der Waals surface area contributed by atoms with Gasteiger partial charge in [-0.3, -0.25) is 0 Å². The van der Waals surface area contributed by atoms with E-state index < -0.39 is 0 Å². The summed E-state index contributed by atoms with van der Waals surface area (Å²) < 4.78 is 2.25. The van der Waals surface area contributed by atoms with Crippen LogP contribution >= 0.6 is 0 Å². The molecule has 0 fully saturated rings. The summed E-state index contributed by atoms with van der Waals surface area (Å²) in [4.78, 5) is 0. The number of benzene rings is 6. The molecule has 0 spiro atoms. The summed E-state index contributed by atoms with van der Waals surface area (Å²) in [7, 11) is 2.12. The molecule has 6 aromatic carbocycles. The van der Waals surface area contributed by atoms with Crippen molar-refractivity contribution in [1.29, 1.82) is 0 Å². The summed E-state index contributed by atoms with van der Waals surface area (Å²) in [6.45, 7) is 0. The van der Waals surface area contributed by atoms with Crippen molar-refractivity contribution < 1.29 is 0 Å². The van der Waals surface area contributed by atoms with Crippen LogP contribution in [0.4, 0.5) is 11.4 Å². The lowest BCUT2D eigenvalue weighted by molar-refractivity contribution is 1.01. The van der Waals surface area contributed by atoms with Crippen LogP contribution in [0.2, 0.25) is 0 Å². The van der Waals surface area contributed by atoms with E-state index in [4.69, 9.17) is 5.10 Å². The van der Waals surface area contributed by atoms with Crippen LogP contribution in [0.5, 0.6) is 0 Å². The van der Waals surface area contributed by atoms with Gasteiger partial charge in [-0.1, -0.05) is 103 Å². The van der Waals surface area contributed by atoms with Crippen molar-refractivity contribution in [1.82, 2.24) is 4.57 Å². The molecule has 0 atom stereocenters. The molecule has 0 radical (unpaired) electrons. The van der Waals surface area contributed by atoms with E-state index in [1.807, 2.05) is 29.4 Å². The van der Waals surface area contributed by atoms with Crippen molar-refractivity contribution in [2.45, 2.75) is 0 Å². The summed E-state index contributed by atoms with van der Waals surface area (Å²) in [5.41, 5.74) is 13.1. The predicted molar refractivity (Wildman–Crippen MR) is 182 cm³/mol. The number of fused-ring (bicyclic) bond motifs is 6. The molecule has 3 nitrogen and oxygen atoms in total. The molecule has 204 valence electrons. The van der Waals surface area contributed by atoms with Gasteiger partial charge in [0.2, 0.25) is 0 Å². The van der Waals surface area contributed by atoms with Gasteiger partial charge in [0.25, 0.3) is 0 Å². The second-order valence-electron chi connectivity index (χ2n) is 11.0. The second-order valence-corrected chi connectivity index (χ2v) is 11.0. The maximum Gasteiger partial charge on any atom is 0.0653 e. The van der Waals surface area contributed by atoms with Crippen LogP contribution < -0.4 is 5.01 Å². The van der Waals surface area contributed by atoms with E-state index in [1.54, 1.807) is 0 Å². The first-order valence-corrected chi connectivity index (χ1v) is 14.6. The Hall–Kier alpha value is -5.67. The van der Waals surface area contributed by atoms with Crippen molar-refractivity contribution in [3.8, 4) is 11.1 Å². The molecule has 0 saturated carbocycles. The summed E-state index contributed by atoms with van der Waals surface area (Å²) >= 11 is 0. The molecule has 0 saturated heterocycles. The fraction of sp³-hybridized carbons (Fsp3) is 0.0250. The molecule has 0 unspecified atom stereocenters. The predicted octanol–water partition coefficient (Wildman–Crippen LogP) is 10.1. The normalized spacial score (nSPS) is 12.2. The largest absolute Gasteiger partial charge is 0.344 e. The zero-order valence-electron chi connectivity index (χ0n) is 23.9. The maximum absolute atomic E-state index is 5.01. The first-order chi connectivity index (χ1) is 21.2. The molecule has 0 aliphatic heterocycles. The van der Waals surface area contributed by atoms with Gasteiger partial charge < -0.3 is 4.57 Å². The minimum Gasteiger partial charge on any atom is -0.344 e. The van der Waals surface area contributed by atoms with E-state index in [1.165, 1.54) is 49.6 Å². The molecular formula is C40H29N3. The van der Waals surface area contributed by atoms with Crippen molar-refractivity contribution >= 4 is 51.0 Å². The number of aryl methyl sites for hydroxylation is 1. The van der Waals surface area contributed by atoms with Gasteiger partial charge in [-0.05, 0) is 87.5 Å². The molecule has 8 rings (SSSR count). The lowest BCUT2D eigenvalue weighted by Crippen LogP contribution is -2.09. The van der Waals surface area contributed by atoms with Crippen LogP contribution in [0.1, 0.15) is 22.3 Å². The van der Waals surface area contributed by atoms with Crippen molar-refractivity contribution in [2.24, 2.45) is 12.1 Å². The summed E-state index contributed by atoms with van der Waals surface area (Å²) in [6.07, 6.45) is 4.25. The lowest BCUT2D eigenvalue weighted by Gasteiger charge is -2.19. The topological polar surface area (TPSA) is 20.5 Å². The first-order valence-electron chi connectivity index (χ1n) is 14.6. The standard InChI is InChI=1S/C40H29N3/c1-42-39-18-10-9-17-36(39)38-26-29(21-24-40(38)42)27-41-43(30-11-3-2-4-12-30)31-22-19-28(20-23-31)25-37-34-15-7-5-13-32(34)33-14-6-8-16-35(33)37/h2-27H,1H3/b41-27-. The number of rotatable bonds is 5. The van der Waals surface area contributed by atoms with Gasteiger partial charge in [-0.15, -0.1) is 0 Å². The molecule has 0 bridgehead atoms. The lowest BCUT2D eigenvalue weighted by atomic mass is 10.0. The van der Waals surface area contributed by atoms with Gasteiger partial charge in [0.15, 0.2) is 0 Å². The first kappa shape index (κ1) is 25.1. The van der Waals surface area contributed by atoms with Crippen LogP contribution in [0, 0.1) is 0 Å². The van der Waals surface area contributed by atoms with Gasteiger partial charge >= 0.3 is 0 Å². The third-order valence-corrected chi connectivity index (χ3v) is 8.43. The van der Waals surface area contributed by atoms with Gasteiger partial charge in [-0.2, -0.15) is 5.10 Å². The number of hydrogen-bond donors (Lipinski definition) is 0. The van der Waals surface area contributed by atoms with E-state index >= 15 is 0 Å². The van der Waals surface area contributed by atoms with E-state index in [2.05, 4.69) is 145 Å². The summed E-state index contributed by atoms with van der Waals surface area (Å²) in [6, 6.07) is 51.4. The van der Waals surface area contributed by atoms with E-state index in [0.717, 1.165) is 22.5 Å². The highest BCUT2D eigenvalue weighted by atomic mass is 15.5. The Labute approximate surface area is 251 Å². The average molecular weight is 552 g/mol. The molecule has 0 amide bonds. The van der Waals surface area contributed by atoms with E-state index in [9.17, 15) is 0 Å². The summed E-state index contributed by atoms with van der Waals surface area (Å²) in [5.74, 6) is 0. The highest BCUT2D eigenvalue weighted by Crippen LogP contribution is 2.44. The van der Waals surface area contributed by atoms with Gasteiger partial charge in [0, 0.05) is 28.9 Å². The Bertz CT molecular complexity index is 2140. The Balaban J connectivity index is 1.15. The number of aromatic nitrogens is 1. The SMILES string of the molecule is Cn1c2ccccc2c2cc(/C=N\N(c3ccccc3)c3ccc(C=C4c5ccccc5-c5ccccc54)cc3)ccc21.